The minimum absolute atomic E-state index is 0.422. The summed E-state index contributed by atoms with van der Waals surface area (Å²) in [7, 11) is 2.23. The maximum absolute atomic E-state index is 9.53. The predicted molar refractivity (Wildman–Crippen MR) is 60.2 cm³/mol. The number of hydrogen-bond donors (Lipinski definition) is 1. The number of likely N-dealkylation sites (N-methyl/N-ethyl adjacent to an activating group) is 1. The average molecular weight is 203 g/mol. The van der Waals surface area contributed by atoms with Crippen molar-refractivity contribution in [3.63, 3.8) is 0 Å². The maximum atomic E-state index is 9.53. The van der Waals surface area contributed by atoms with Crippen LogP contribution in [0.2, 0.25) is 0 Å². The topological polar surface area (TPSA) is 23.5 Å². The summed E-state index contributed by atoms with van der Waals surface area (Å²) in [5, 5.41) is 9.53. The molecule has 2 heteroatoms. The van der Waals surface area contributed by atoms with Gasteiger partial charge in [0, 0.05) is 6.04 Å². The van der Waals surface area contributed by atoms with Crippen LogP contribution >= 0.6 is 0 Å². The van der Waals surface area contributed by atoms with E-state index in [1.807, 2.05) is 12.1 Å². The van der Waals surface area contributed by atoms with E-state index in [0.29, 0.717) is 11.7 Å². The maximum Gasteiger partial charge on any atom is 0.115 e. The quantitative estimate of drug-likeness (QED) is 0.698. The van der Waals surface area contributed by atoms with Gasteiger partial charge in [0.25, 0.3) is 0 Å². The largest absolute Gasteiger partial charge is 0.508 e. The van der Waals surface area contributed by atoms with Crippen LogP contribution in [0.25, 0.3) is 0 Å². The number of nitrogens with zero attached hydrogens (tertiary/aromatic N) is 1. The lowest BCUT2D eigenvalue weighted by Gasteiger charge is -2.42. The lowest BCUT2D eigenvalue weighted by atomic mass is 9.75. The zero-order valence-corrected chi connectivity index (χ0v) is 9.11. The summed E-state index contributed by atoms with van der Waals surface area (Å²) in [6, 6.07) is 6.62. The number of benzene rings is 1. The molecule has 1 aromatic rings. The minimum atomic E-state index is 0.422. The Labute approximate surface area is 90.5 Å². The van der Waals surface area contributed by atoms with Crippen molar-refractivity contribution in [2.24, 2.45) is 0 Å². The Morgan fingerprint density at radius 2 is 2.27 bits per heavy atom. The molecule has 1 N–H and O–H groups in total. The van der Waals surface area contributed by atoms with Gasteiger partial charge in [-0.05, 0) is 62.0 Å². The first-order valence-corrected chi connectivity index (χ1v) is 5.76. The number of rotatable bonds is 0. The van der Waals surface area contributed by atoms with Crippen LogP contribution in [0.5, 0.6) is 5.75 Å². The third-order valence-electron chi connectivity index (χ3n) is 4.04. The van der Waals surface area contributed by atoms with Crippen molar-refractivity contribution in [2.45, 2.75) is 31.2 Å². The van der Waals surface area contributed by atoms with Gasteiger partial charge in [-0.3, -0.25) is 0 Å². The fourth-order valence-electron chi connectivity index (χ4n) is 3.09. The molecule has 2 atom stereocenters. The third-order valence-corrected chi connectivity index (χ3v) is 4.04. The first-order chi connectivity index (χ1) is 7.24. The molecule has 0 unspecified atom stereocenters. The van der Waals surface area contributed by atoms with Gasteiger partial charge in [0.1, 0.15) is 5.75 Å². The minimum Gasteiger partial charge on any atom is -0.508 e. The summed E-state index contributed by atoms with van der Waals surface area (Å²) in [5.74, 6) is 1.10. The molecule has 0 aromatic heterocycles. The monoisotopic (exact) mass is 203 g/mol. The number of piperidine rings is 1. The number of phenols is 1. The molecule has 1 heterocycles. The highest BCUT2D eigenvalue weighted by atomic mass is 16.3. The molecule has 2 bridgehead atoms. The third kappa shape index (κ3) is 1.44. The first-order valence-electron chi connectivity index (χ1n) is 5.76. The predicted octanol–water partition coefficient (Wildman–Crippen LogP) is 2.13. The lowest BCUT2D eigenvalue weighted by Crippen LogP contribution is -2.43. The molecule has 1 saturated heterocycles. The average Bonchev–Trinajstić information content (AvgIpc) is 2.24. The molecule has 0 spiro atoms. The van der Waals surface area contributed by atoms with Crippen molar-refractivity contribution < 1.29 is 5.11 Å². The molecule has 1 aromatic carbocycles. The van der Waals surface area contributed by atoms with Gasteiger partial charge in [0.15, 0.2) is 0 Å². The molecular formula is C13H17NO. The summed E-state index contributed by atoms with van der Waals surface area (Å²) in [5.41, 5.74) is 2.85. The SMILES string of the molecule is CN1CC[C@@H]2C[C@H]1Cc1ccc(O)cc12. The Morgan fingerprint density at radius 1 is 1.40 bits per heavy atom. The van der Waals surface area contributed by atoms with Gasteiger partial charge in [0.2, 0.25) is 0 Å². The van der Waals surface area contributed by atoms with Gasteiger partial charge in [-0.2, -0.15) is 0 Å². The van der Waals surface area contributed by atoms with Crippen molar-refractivity contribution in [3.8, 4) is 5.75 Å². The number of hydrogen-bond acceptors (Lipinski definition) is 2. The second-order valence-electron chi connectivity index (χ2n) is 4.94. The van der Waals surface area contributed by atoms with Crippen LogP contribution in [0, 0.1) is 0 Å². The second-order valence-corrected chi connectivity index (χ2v) is 4.94. The molecule has 3 rings (SSSR count). The first kappa shape index (κ1) is 9.22. The fourth-order valence-corrected chi connectivity index (χ4v) is 3.09. The molecule has 2 nitrogen and oxygen atoms in total. The highest BCUT2D eigenvalue weighted by Gasteiger charge is 2.33. The van der Waals surface area contributed by atoms with Crippen molar-refractivity contribution in [3.05, 3.63) is 29.3 Å². The molecular weight excluding hydrogens is 186 g/mol. The molecule has 0 radical (unpaired) electrons. The van der Waals surface area contributed by atoms with Gasteiger partial charge in [-0.1, -0.05) is 6.07 Å². The van der Waals surface area contributed by atoms with Crippen LogP contribution in [0.15, 0.2) is 18.2 Å². The van der Waals surface area contributed by atoms with E-state index >= 15 is 0 Å². The number of fused-ring (bicyclic) bond motifs is 4. The van der Waals surface area contributed by atoms with Crippen LogP contribution in [0.1, 0.15) is 29.9 Å². The molecule has 0 amide bonds. The molecule has 0 saturated carbocycles. The van der Waals surface area contributed by atoms with Crippen LogP contribution in [-0.2, 0) is 6.42 Å². The second kappa shape index (κ2) is 3.24. The molecule has 1 fully saturated rings. The van der Waals surface area contributed by atoms with Crippen molar-refractivity contribution in [2.75, 3.05) is 13.6 Å². The van der Waals surface area contributed by atoms with Crippen LogP contribution < -0.4 is 0 Å². The van der Waals surface area contributed by atoms with Gasteiger partial charge in [-0.15, -0.1) is 0 Å². The standard InChI is InChI=1S/C13H17NO/c1-14-5-4-10-7-11(14)6-9-2-3-12(15)8-13(9)10/h2-3,8,10-11,15H,4-7H2,1H3/t10-,11-/m1/s1. The number of likely N-dealkylation sites (tertiary alicyclic amines) is 1. The van der Waals surface area contributed by atoms with Crippen molar-refractivity contribution in [1.29, 1.82) is 0 Å². The van der Waals surface area contributed by atoms with Crippen molar-refractivity contribution in [1.82, 2.24) is 4.90 Å². The van der Waals surface area contributed by atoms with Gasteiger partial charge < -0.3 is 10.0 Å². The Kier molecular flexibility index (Phi) is 1.99. The van der Waals surface area contributed by atoms with E-state index in [-0.39, 0.29) is 0 Å². The lowest BCUT2D eigenvalue weighted by molar-refractivity contribution is 0.157. The Bertz CT molecular complexity index is 388. The summed E-state index contributed by atoms with van der Waals surface area (Å²) in [6.45, 7) is 1.20. The van der Waals surface area contributed by atoms with Crippen LogP contribution in [0.3, 0.4) is 0 Å². The summed E-state index contributed by atoms with van der Waals surface area (Å²) < 4.78 is 0. The van der Waals surface area contributed by atoms with E-state index < -0.39 is 0 Å². The summed E-state index contributed by atoms with van der Waals surface area (Å²) in [6.07, 6.45) is 3.67. The fraction of sp³-hybridized carbons (Fsp3) is 0.538. The van der Waals surface area contributed by atoms with E-state index in [2.05, 4.69) is 18.0 Å². The van der Waals surface area contributed by atoms with Gasteiger partial charge >= 0.3 is 0 Å². The molecule has 1 aliphatic heterocycles. The molecule has 80 valence electrons. The Hall–Kier alpha value is -1.02. The Morgan fingerprint density at radius 3 is 3.13 bits per heavy atom. The van der Waals surface area contributed by atoms with Crippen LogP contribution in [-0.4, -0.2) is 29.6 Å². The van der Waals surface area contributed by atoms with Gasteiger partial charge in [-0.25, -0.2) is 0 Å². The number of aromatic hydroxyl groups is 1. The van der Waals surface area contributed by atoms with Gasteiger partial charge in [0.05, 0.1) is 0 Å². The summed E-state index contributed by atoms with van der Waals surface area (Å²) in [4.78, 5) is 2.48. The smallest absolute Gasteiger partial charge is 0.115 e. The molecule has 15 heavy (non-hydrogen) atoms. The Balaban J connectivity index is 2.03. The van der Waals surface area contributed by atoms with E-state index in [4.69, 9.17) is 0 Å². The van der Waals surface area contributed by atoms with Crippen LogP contribution in [0.4, 0.5) is 0 Å². The highest BCUT2D eigenvalue weighted by molar-refractivity contribution is 5.40. The van der Waals surface area contributed by atoms with E-state index in [1.165, 1.54) is 30.5 Å². The van der Waals surface area contributed by atoms with E-state index in [9.17, 15) is 5.11 Å². The number of phenolic OH excluding ortho intramolecular Hbond substituents is 1. The summed E-state index contributed by atoms with van der Waals surface area (Å²) >= 11 is 0. The molecule has 1 aliphatic carbocycles. The molecule has 2 aliphatic rings. The zero-order valence-electron chi connectivity index (χ0n) is 9.11. The zero-order chi connectivity index (χ0) is 10.4. The van der Waals surface area contributed by atoms with Crippen molar-refractivity contribution >= 4 is 0 Å². The normalized spacial score (nSPS) is 29.9. The highest BCUT2D eigenvalue weighted by Crippen LogP contribution is 2.40. The van der Waals surface area contributed by atoms with E-state index in [1.54, 1.807) is 0 Å². The van der Waals surface area contributed by atoms with E-state index in [0.717, 1.165) is 12.5 Å².